The Morgan fingerprint density at radius 1 is 1.30 bits per heavy atom. The Hall–Kier alpha value is -2.55. The number of hydrogen-bond acceptors (Lipinski definition) is 5. The summed E-state index contributed by atoms with van der Waals surface area (Å²) in [7, 11) is -4.24. The summed E-state index contributed by atoms with van der Waals surface area (Å²) in [6.07, 6.45) is 0.800. The molecule has 3 rings (SSSR count). The van der Waals surface area contributed by atoms with Gasteiger partial charge in [0.15, 0.2) is 5.82 Å². The molecular weight excluding hydrogens is 375 g/mol. The number of benzene rings is 2. The van der Waals surface area contributed by atoms with E-state index in [1.54, 1.807) is 16.9 Å². The van der Waals surface area contributed by atoms with Crippen LogP contribution in [0, 0.1) is 11.2 Å². The summed E-state index contributed by atoms with van der Waals surface area (Å²) in [4.78, 5) is 11.4. The van der Waals surface area contributed by atoms with Crippen LogP contribution in [0.3, 0.4) is 0 Å². The third kappa shape index (κ3) is 3.92. The van der Waals surface area contributed by atoms with E-state index in [1.807, 2.05) is 0 Å². The number of nitrogens with zero attached hydrogens (tertiary/aromatic N) is 1. The maximum atomic E-state index is 15.1. The zero-order chi connectivity index (χ0) is 20.0. The van der Waals surface area contributed by atoms with Crippen LogP contribution >= 0.6 is 0 Å². The topological polar surface area (TPSA) is 95.9 Å². The maximum Gasteiger partial charge on any atom is 0.326 e. The van der Waals surface area contributed by atoms with Crippen molar-refractivity contribution in [2.24, 2.45) is 5.41 Å². The predicted molar refractivity (Wildman–Crippen MR) is 99.5 cm³/mol. The van der Waals surface area contributed by atoms with Crippen molar-refractivity contribution in [3.63, 3.8) is 0 Å². The first kappa shape index (κ1) is 19.2. The van der Waals surface area contributed by atoms with E-state index in [2.05, 4.69) is 20.8 Å². The number of carbonyl (C=O) groups is 1. The van der Waals surface area contributed by atoms with Gasteiger partial charge in [-0.15, -0.1) is 0 Å². The summed E-state index contributed by atoms with van der Waals surface area (Å²) in [6.45, 7) is 6.09. The number of amides is 1. The number of rotatable bonds is 4. The number of phenolic OH excluding ortho intramolecular Hbond substituents is 1. The summed E-state index contributed by atoms with van der Waals surface area (Å²) in [5.74, 6) is -1.87. The summed E-state index contributed by atoms with van der Waals surface area (Å²) < 4.78 is 47.0. The minimum Gasteiger partial charge on any atom is -0.506 e. The summed E-state index contributed by atoms with van der Waals surface area (Å²) >= 11 is 0. The molecule has 0 aliphatic carbocycles. The van der Waals surface area contributed by atoms with Gasteiger partial charge in [-0.2, -0.15) is 8.42 Å². The van der Waals surface area contributed by atoms with Crippen LogP contribution in [0.2, 0.25) is 0 Å². The highest BCUT2D eigenvalue weighted by Gasteiger charge is 2.37. The molecule has 146 valence electrons. The smallest absolute Gasteiger partial charge is 0.326 e. The number of hydrogen-bond donors (Lipinski definition) is 2. The van der Waals surface area contributed by atoms with Crippen molar-refractivity contribution < 1.29 is 27.4 Å². The minimum atomic E-state index is -4.24. The molecule has 1 fully saturated rings. The Bertz CT molecular complexity index is 1010. The second kappa shape index (κ2) is 6.56. The van der Waals surface area contributed by atoms with Crippen molar-refractivity contribution >= 4 is 32.6 Å². The molecule has 0 atom stereocenters. The average Bonchev–Trinajstić information content (AvgIpc) is 2.79. The van der Waals surface area contributed by atoms with E-state index >= 15 is 4.39 Å². The molecule has 0 unspecified atom stereocenters. The lowest BCUT2D eigenvalue weighted by molar-refractivity contribution is -0.117. The maximum absolute atomic E-state index is 15.1. The third-order valence-electron chi connectivity index (χ3n) is 4.19. The fraction of sp³-hybridized carbons (Fsp3) is 0.389. The van der Waals surface area contributed by atoms with Crippen LogP contribution < -0.4 is 13.8 Å². The number of anilines is 1. The lowest BCUT2D eigenvalue weighted by Gasteiger charge is -2.19. The van der Waals surface area contributed by atoms with Crippen LogP contribution in [-0.2, 0) is 15.0 Å². The minimum absolute atomic E-state index is 0.0880. The van der Waals surface area contributed by atoms with Crippen LogP contribution in [-0.4, -0.2) is 32.6 Å². The van der Waals surface area contributed by atoms with E-state index in [4.69, 9.17) is 4.74 Å². The Balaban J connectivity index is 2.00. The van der Waals surface area contributed by atoms with Gasteiger partial charge in [0.05, 0.1) is 6.61 Å². The van der Waals surface area contributed by atoms with E-state index in [-0.39, 0.29) is 10.8 Å². The summed E-state index contributed by atoms with van der Waals surface area (Å²) in [5.41, 5.74) is -0.474. The van der Waals surface area contributed by atoms with Gasteiger partial charge >= 0.3 is 10.2 Å². The normalized spacial score (nSPS) is 16.6. The van der Waals surface area contributed by atoms with Crippen LogP contribution in [0.4, 0.5) is 10.1 Å². The number of aromatic hydroxyl groups is 1. The molecule has 1 saturated heterocycles. The highest BCUT2D eigenvalue weighted by Crippen LogP contribution is 2.39. The molecule has 0 spiro atoms. The zero-order valence-corrected chi connectivity index (χ0v) is 16.1. The van der Waals surface area contributed by atoms with Gasteiger partial charge in [-0.3, -0.25) is 4.79 Å². The first-order valence-electron chi connectivity index (χ1n) is 8.39. The summed E-state index contributed by atoms with van der Waals surface area (Å²) in [5, 5.41) is 10.6. The van der Waals surface area contributed by atoms with Crippen molar-refractivity contribution in [1.29, 1.82) is 0 Å². The molecule has 1 aliphatic heterocycles. The molecule has 2 N–H and O–H groups in total. The second-order valence-electron chi connectivity index (χ2n) is 7.64. The molecule has 0 radical (unpaired) electrons. The second-order valence-corrected chi connectivity index (χ2v) is 9.23. The van der Waals surface area contributed by atoms with Crippen molar-refractivity contribution in [3.05, 3.63) is 30.1 Å². The molecular formula is C18H21FN2O5S. The van der Waals surface area contributed by atoms with Gasteiger partial charge < -0.3 is 9.84 Å². The van der Waals surface area contributed by atoms with E-state index in [9.17, 15) is 18.3 Å². The van der Waals surface area contributed by atoms with E-state index in [0.29, 0.717) is 22.0 Å². The average molecular weight is 396 g/mol. The van der Waals surface area contributed by atoms with E-state index in [0.717, 1.165) is 6.42 Å². The van der Waals surface area contributed by atoms with E-state index in [1.165, 1.54) is 12.1 Å². The predicted octanol–water partition coefficient (Wildman–Crippen LogP) is 2.68. The van der Waals surface area contributed by atoms with Crippen molar-refractivity contribution in [2.45, 2.75) is 27.2 Å². The zero-order valence-electron chi connectivity index (χ0n) is 15.2. The van der Waals surface area contributed by atoms with Crippen molar-refractivity contribution in [1.82, 2.24) is 4.72 Å². The van der Waals surface area contributed by atoms with Gasteiger partial charge in [-0.25, -0.2) is 13.4 Å². The number of nitrogens with one attached hydrogen (secondary N) is 1. The molecule has 2 aromatic rings. The van der Waals surface area contributed by atoms with Gasteiger partial charge in [0.1, 0.15) is 23.7 Å². The lowest BCUT2D eigenvalue weighted by Crippen LogP contribution is -2.30. The van der Waals surface area contributed by atoms with Crippen LogP contribution in [0.15, 0.2) is 24.3 Å². The first-order chi connectivity index (χ1) is 12.5. The molecule has 1 amide bonds. The first-order valence-corrected chi connectivity index (χ1v) is 9.83. The lowest BCUT2D eigenvalue weighted by atomic mass is 9.93. The quantitative estimate of drug-likeness (QED) is 0.828. The standard InChI is InChI=1S/C18H21FN2O5S/c1-18(2,3)6-7-26-12-5-4-11-8-14(22)17(16(19)13(11)9-12)21-10-15(23)20-27(21,24)25/h4-5,8-9,22H,6-7,10H2,1-3H3,(H,20,23). The molecule has 0 saturated carbocycles. The van der Waals surface area contributed by atoms with Gasteiger partial charge in [-0.05, 0) is 35.4 Å². The van der Waals surface area contributed by atoms with Crippen molar-refractivity contribution in [2.75, 3.05) is 17.5 Å². The molecule has 27 heavy (non-hydrogen) atoms. The fourth-order valence-corrected chi connectivity index (χ4v) is 3.92. The number of phenols is 1. The number of fused-ring (bicyclic) bond motifs is 1. The number of halogens is 1. The largest absolute Gasteiger partial charge is 0.506 e. The highest BCUT2D eigenvalue weighted by molar-refractivity contribution is 7.92. The van der Waals surface area contributed by atoms with Crippen LogP contribution in [0.5, 0.6) is 11.5 Å². The van der Waals surface area contributed by atoms with Gasteiger partial charge in [-0.1, -0.05) is 26.8 Å². The molecule has 0 bridgehead atoms. The molecule has 7 nitrogen and oxygen atoms in total. The Morgan fingerprint density at radius 2 is 2.00 bits per heavy atom. The van der Waals surface area contributed by atoms with Crippen LogP contribution in [0.25, 0.3) is 10.8 Å². The summed E-state index contributed by atoms with van der Waals surface area (Å²) in [6, 6.07) is 5.94. The SMILES string of the molecule is CC(C)(C)CCOc1ccc2cc(O)c(N3CC(=O)NS3(=O)=O)c(F)c2c1. The number of carbonyl (C=O) groups excluding carboxylic acids is 1. The molecule has 1 aliphatic rings. The Kier molecular flexibility index (Phi) is 4.67. The van der Waals surface area contributed by atoms with Crippen LogP contribution in [0.1, 0.15) is 27.2 Å². The van der Waals surface area contributed by atoms with Gasteiger partial charge in [0.25, 0.3) is 5.91 Å². The van der Waals surface area contributed by atoms with Gasteiger partial charge in [0.2, 0.25) is 0 Å². The molecule has 9 heteroatoms. The molecule has 2 aromatic carbocycles. The van der Waals surface area contributed by atoms with Crippen molar-refractivity contribution in [3.8, 4) is 11.5 Å². The monoisotopic (exact) mass is 396 g/mol. The Morgan fingerprint density at radius 3 is 2.59 bits per heavy atom. The van der Waals surface area contributed by atoms with Gasteiger partial charge in [0, 0.05) is 5.39 Å². The van der Waals surface area contributed by atoms with E-state index < -0.39 is 39.9 Å². The fourth-order valence-electron chi connectivity index (χ4n) is 2.75. The Labute approximate surface area is 156 Å². The molecule has 0 aromatic heterocycles. The molecule has 1 heterocycles. The third-order valence-corrected chi connectivity index (χ3v) is 5.57. The number of ether oxygens (including phenoxy) is 1. The highest BCUT2D eigenvalue weighted by atomic mass is 32.2.